The van der Waals surface area contributed by atoms with Crippen molar-refractivity contribution < 1.29 is 9.59 Å². The molecule has 0 fully saturated rings. The molecule has 0 unspecified atom stereocenters. The summed E-state index contributed by atoms with van der Waals surface area (Å²) in [4.78, 5) is 25.6. The molecule has 3 aromatic carbocycles. The molecule has 0 saturated carbocycles. The fraction of sp³-hybridized carbons (Fsp3) is 0.0435. The van der Waals surface area contributed by atoms with E-state index in [1.54, 1.807) is 24.3 Å². The van der Waals surface area contributed by atoms with E-state index in [-0.39, 0.29) is 11.6 Å². The Balaban J connectivity index is 1.87. The van der Waals surface area contributed by atoms with Crippen molar-refractivity contribution in [2.75, 3.05) is 5.32 Å². The van der Waals surface area contributed by atoms with Crippen LogP contribution in [0.25, 0.3) is 6.08 Å². The Kier molecular flexibility index (Phi) is 6.40. The van der Waals surface area contributed by atoms with E-state index >= 15 is 0 Å². The van der Waals surface area contributed by atoms with Crippen LogP contribution >= 0.6 is 15.9 Å². The first-order valence-corrected chi connectivity index (χ1v) is 9.53. The van der Waals surface area contributed by atoms with E-state index in [1.165, 1.54) is 0 Å². The van der Waals surface area contributed by atoms with E-state index in [1.807, 2.05) is 67.6 Å². The van der Waals surface area contributed by atoms with E-state index in [0.717, 1.165) is 11.1 Å². The number of amides is 2. The lowest BCUT2D eigenvalue weighted by Gasteiger charge is -2.12. The molecule has 0 atom stereocenters. The van der Waals surface area contributed by atoms with Gasteiger partial charge in [0.15, 0.2) is 0 Å². The molecular formula is C23H19BrN2O2. The molecule has 3 aromatic rings. The van der Waals surface area contributed by atoms with Gasteiger partial charge in [-0.15, -0.1) is 0 Å². The minimum Gasteiger partial charge on any atom is -0.321 e. The average Bonchev–Trinajstić information content (AvgIpc) is 2.70. The summed E-state index contributed by atoms with van der Waals surface area (Å²) in [5.41, 5.74) is 3.17. The van der Waals surface area contributed by atoms with Gasteiger partial charge in [0.25, 0.3) is 11.8 Å². The highest BCUT2D eigenvalue weighted by molar-refractivity contribution is 9.10. The normalized spacial score (nSPS) is 11.0. The molecule has 0 aromatic heterocycles. The van der Waals surface area contributed by atoms with Crippen molar-refractivity contribution in [1.82, 2.24) is 5.32 Å². The number of carbonyl (C=O) groups excluding carboxylic acids is 2. The molecule has 0 radical (unpaired) electrons. The Hall–Kier alpha value is -3.18. The molecule has 5 heteroatoms. The second-order valence-electron chi connectivity index (χ2n) is 6.22. The van der Waals surface area contributed by atoms with Gasteiger partial charge in [-0.2, -0.15) is 0 Å². The summed E-state index contributed by atoms with van der Waals surface area (Å²) >= 11 is 3.37. The Morgan fingerprint density at radius 3 is 2.18 bits per heavy atom. The molecule has 28 heavy (non-hydrogen) atoms. The summed E-state index contributed by atoms with van der Waals surface area (Å²) in [5, 5.41) is 5.56. The maximum absolute atomic E-state index is 12.8. The monoisotopic (exact) mass is 434 g/mol. The number of nitrogens with one attached hydrogen (secondary N) is 2. The van der Waals surface area contributed by atoms with Crippen LogP contribution in [0.5, 0.6) is 0 Å². The van der Waals surface area contributed by atoms with Crippen molar-refractivity contribution in [2.45, 2.75) is 6.92 Å². The second kappa shape index (κ2) is 9.15. The standard InChI is InChI=1S/C23H19BrN2O2/c1-16-11-13-18(14-12-16)25-23(28)21(15-17-7-3-2-4-8-17)26-22(27)19-9-5-6-10-20(19)24/h2-15H,1H3,(H,25,28)(H,26,27)/b21-15-. The van der Waals surface area contributed by atoms with Crippen LogP contribution < -0.4 is 10.6 Å². The molecular weight excluding hydrogens is 416 g/mol. The molecule has 140 valence electrons. The predicted octanol–water partition coefficient (Wildman–Crippen LogP) is 5.17. The fourth-order valence-electron chi connectivity index (χ4n) is 2.54. The van der Waals surface area contributed by atoms with E-state index in [0.29, 0.717) is 15.7 Å². The van der Waals surface area contributed by atoms with Crippen LogP contribution in [0.4, 0.5) is 5.69 Å². The van der Waals surface area contributed by atoms with Gasteiger partial charge >= 0.3 is 0 Å². The highest BCUT2D eigenvalue weighted by atomic mass is 79.9. The van der Waals surface area contributed by atoms with Crippen molar-refractivity contribution in [1.29, 1.82) is 0 Å². The molecule has 2 amide bonds. The minimum absolute atomic E-state index is 0.160. The van der Waals surface area contributed by atoms with Crippen LogP contribution in [0, 0.1) is 6.92 Å². The summed E-state index contributed by atoms with van der Waals surface area (Å²) in [7, 11) is 0. The van der Waals surface area contributed by atoms with Gasteiger partial charge in [-0.3, -0.25) is 9.59 Å². The van der Waals surface area contributed by atoms with Crippen LogP contribution in [0.3, 0.4) is 0 Å². The Bertz CT molecular complexity index is 1010. The van der Waals surface area contributed by atoms with Gasteiger partial charge in [-0.05, 0) is 58.8 Å². The summed E-state index contributed by atoms with van der Waals surface area (Å²) in [5.74, 6) is -0.762. The van der Waals surface area contributed by atoms with E-state index in [2.05, 4.69) is 26.6 Å². The molecule has 0 heterocycles. The SMILES string of the molecule is Cc1ccc(NC(=O)/C(=C/c2ccccc2)NC(=O)c2ccccc2Br)cc1. The first-order valence-electron chi connectivity index (χ1n) is 8.73. The number of halogens is 1. The molecule has 0 bridgehead atoms. The number of benzene rings is 3. The Labute approximate surface area is 172 Å². The van der Waals surface area contributed by atoms with Crippen LogP contribution in [0.1, 0.15) is 21.5 Å². The molecule has 0 aliphatic carbocycles. The number of aryl methyl sites for hydroxylation is 1. The summed E-state index contributed by atoms with van der Waals surface area (Å²) < 4.78 is 0.658. The first-order chi connectivity index (χ1) is 13.5. The van der Waals surface area contributed by atoms with Gasteiger partial charge in [0.05, 0.1) is 5.56 Å². The Morgan fingerprint density at radius 1 is 0.857 bits per heavy atom. The zero-order chi connectivity index (χ0) is 19.9. The zero-order valence-electron chi connectivity index (χ0n) is 15.3. The number of anilines is 1. The topological polar surface area (TPSA) is 58.2 Å². The van der Waals surface area contributed by atoms with Crippen LogP contribution in [-0.2, 0) is 4.79 Å². The lowest BCUT2D eigenvalue weighted by Crippen LogP contribution is -2.31. The van der Waals surface area contributed by atoms with Crippen molar-refractivity contribution >= 4 is 39.5 Å². The first kappa shape index (κ1) is 19.6. The summed E-state index contributed by atoms with van der Waals surface area (Å²) in [6, 6.07) is 23.9. The van der Waals surface area contributed by atoms with E-state index < -0.39 is 5.91 Å². The fourth-order valence-corrected chi connectivity index (χ4v) is 3.01. The number of hydrogen-bond donors (Lipinski definition) is 2. The Morgan fingerprint density at radius 2 is 1.50 bits per heavy atom. The third-order valence-electron chi connectivity index (χ3n) is 4.03. The molecule has 0 spiro atoms. The quantitative estimate of drug-likeness (QED) is 0.544. The number of hydrogen-bond acceptors (Lipinski definition) is 2. The third-order valence-corrected chi connectivity index (χ3v) is 4.72. The van der Waals surface area contributed by atoms with E-state index in [9.17, 15) is 9.59 Å². The lowest BCUT2D eigenvalue weighted by molar-refractivity contribution is -0.113. The van der Waals surface area contributed by atoms with Crippen molar-refractivity contribution in [3.63, 3.8) is 0 Å². The lowest BCUT2D eigenvalue weighted by atomic mass is 10.1. The number of rotatable bonds is 5. The van der Waals surface area contributed by atoms with Gasteiger partial charge < -0.3 is 10.6 Å². The van der Waals surface area contributed by atoms with Crippen molar-refractivity contribution in [3.8, 4) is 0 Å². The van der Waals surface area contributed by atoms with Crippen molar-refractivity contribution in [2.24, 2.45) is 0 Å². The largest absolute Gasteiger partial charge is 0.321 e. The van der Waals surface area contributed by atoms with Crippen LogP contribution in [0.2, 0.25) is 0 Å². The summed E-state index contributed by atoms with van der Waals surface area (Å²) in [6.45, 7) is 1.98. The molecule has 4 nitrogen and oxygen atoms in total. The molecule has 2 N–H and O–H groups in total. The average molecular weight is 435 g/mol. The molecule has 0 aliphatic heterocycles. The van der Waals surface area contributed by atoms with E-state index in [4.69, 9.17) is 0 Å². The predicted molar refractivity (Wildman–Crippen MR) is 116 cm³/mol. The second-order valence-corrected chi connectivity index (χ2v) is 7.08. The highest BCUT2D eigenvalue weighted by Gasteiger charge is 2.16. The van der Waals surface area contributed by atoms with Gasteiger partial charge in [-0.25, -0.2) is 0 Å². The van der Waals surface area contributed by atoms with Crippen LogP contribution in [-0.4, -0.2) is 11.8 Å². The molecule has 0 aliphatic rings. The summed E-state index contributed by atoms with van der Waals surface area (Å²) in [6.07, 6.45) is 1.65. The third kappa shape index (κ3) is 5.18. The molecule has 3 rings (SSSR count). The van der Waals surface area contributed by atoms with Gasteiger partial charge in [0.2, 0.25) is 0 Å². The van der Waals surface area contributed by atoms with Gasteiger partial charge in [0, 0.05) is 10.2 Å². The smallest absolute Gasteiger partial charge is 0.272 e. The highest BCUT2D eigenvalue weighted by Crippen LogP contribution is 2.17. The zero-order valence-corrected chi connectivity index (χ0v) is 16.9. The van der Waals surface area contributed by atoms with Gasteiger partial charge in [0.1, 0.15) is 5.70 Å². The maximum Gasteiger partial charge on any atom is 0.272 e. The molecule has 0 saturated heterocycles. The maximum atomic E-state index is 12.8. The van der Waals surface area contributed by atoms with Gasteiger partial charge in [-0.1, -0.05) is 60.2 Å². The number of carbonyl (C=O) groups is 2. The van der Waals surface area contributed by atoms with Crippen molar-refractivity contribution in [3.05, 3.63) is 106 Å². The van der Waals surface area contributed by atoms with Crippen LogP contribution in [0.15, 0.2) is 89.0 Å². The minimum atomic E-state index is -0.395.